The number of amides is 1. The molecule has 1 amide bonds. The smallest absolute Gasteiger partial charge is 0.234 e. The molecule has 31 heavy (non-hydrogen) atoms. The van der Waals surface area contributed by atoms with Gasteiger partial charge in [0.1, 0.15) is 6.61 Å². The highest BCUT2D eigenvalue weighted by Gasteiger charge is 2.27. The average molecular weight is 439 g/mol. The van der Waals surface area contributed by atoms with Crippen LogP contribution in [0.4, 0.5) is 5.69 Å². The van der Waals surface area contributed by atoms with Crippen molar-refractivity contribution < 1.29 is 14.3 Å². The SMILES string of the molecule is Cc1cccc(C(C)C)c1NC(=O)CSc1nnc(C2COc3ccccc3O2)n1C. The Bertz CT molecular complexity index is 1100. The van der Waals surface area contributed by atoms with Gasteiger partial charge in [-0.1, -0.05) is 55.9 Å². The molecule has 8 heteroatoms. The van der Waals surface area contributed by atoms with Crippen LogP contribution in [0.2, 0.25) is 0 Å². The van der Waals surface area contributed by atoms with Crippen LogP contribution < -0.4 is 14.8 Å². The first-order valence-electron chi connectivity index (χ1n) is 10.2. The van der Waals surface area contributed by atoms with Crippen LogP contribution in [-0.2, 0) is 11.8 Å². The standard InChI is InChI=1S/C23H26N4O3S/c1-14(2)16-9-7-8-15(3)21(16)24-20(28)13-31-23-26-25-22(27(23)4)19-12-29-17-10-5-6-11-18(17)30-19/h5-11,14,19H,12-13H2,1-4H3,(H,24,28). The molecule has 1 atom stereocenters. The molecule has 1 N–H and O–H groups in total. The molecule has 1 unspecified atom stereocenters. The van der Waals surface area contributed by atoms with Gasteiger partial charge >= 0.3 is 0 Å². The zero-order valence-corrected chi connectivity index (χ0v) is 18.9. The molecule has 2 aromatic carbocycles. The van der Waals surface area contributed by atoms with Crippen molar-refractivity contribution in [2.75, 3.05) is 17.7 Å². The third-order valence-corrected chi connectivity index (χ3v) is 6.21. The molecule has 1 aliphatic heterocycles. The predicted octanol–water partition coefficient (Wildman–Crippen LogP) is 4.49. The van der Waals surface area contributed by atoms with Gasteiger partial charge in [0.05, 0.1) is 5.75 Å². The summed E-state index contributed by atoms with van der Waals surface area (Å²) >= 11 is 1.35. The molecule has 1 aliphatic rings. The zero-order chi connectivity index (χ0) is 22.0. The second-order valence-corrected chi connectivity index (χ2v) is 8.74. The Morgan fingerprint density at radius 1 is 1.19 bits per heavy atom. The minimum absolute atomic E-state index is 0.0723. The minimum Gasteiger partial charge on any atom is -0.485 e. The Hall–Kier alpha value is -3.00. The first-order chi connectivity index (χ1) is 14.9. The Morgan fingerprint density at radius 3 is 2.74 bits per heavy atom. The molecule has 7 nitrogen and oxygen atoms in total. The molecular weight excluding hydrogens is 412 g/mol. The summed E-state index contributed by atoms with van der Waals surface area (Å²) in [6.07, 6.45) is -0.351. The molecule has 0 saturated carbocycles. The van der Waals surface area contributed by atoms with Crippen LogP contribution in [0, 0.1) is 6.92 Å². The van der Waals surface area contributed by atoms with Crippen LogP contribution in [0.1, 0.15) is 42.8 Å². The Kier molecular flexibility index (Phi) is 6.18. The summed E-state index contributed by atoms with van der Waals surface area (Å²) in [4.78, 5) is 12.6. The summed E-state index contributed by atoms with van der Waals surface area (Å²) in [5.41, 5.74) is 3.09. The van der Waals surface area contributed by atoms with Crippen LogP contribution in [0.15, 0.2) is 47.6 Å². The van der Waals surface area contributed by atoms with E-state index in [9.17, 15) is 4.79 Å². The summed E-state index contributed by atoms with van der Waals surface area (Å²) in [6, 6.07) is 13.6. The van der Waals surface area contributed by atoms with E-state index in [2.05, 4.69) is 35.4 Å². The first-order valence-corrected chi connectivity index (χ1v) is 11.2. The van der Waals surface area contributed by atoms with E-state index in [4.69, 9.17) is 9.47 Å². The molecule has 0 fully saturated rings. The van der Waals surface area contributed by atoms with E-state index in [-0.39, 0.29) is 17.8 Å². The average Bonchev–Trinajstić information content (AvgIpc) is 3.13. The summed E-state index contributed by atoms with van der Waals surface area (Å²) in [7, 11) is 1.87. The van der Waals surface area contributed by atoms with Crippen molar-refractivity contribution in [1.82, 2.24) is 14.8 Å². The van der Waals surface area contributed by atoms with Gasteiger partial charge < -0.3 is 19.4 Å². The van der Waals surface area contributed by atoms with Crippen LogP contribution in [0.3, 0.4) is 0 Å². The molecule has 3 aromatic rings. The molecule has 2 heterocycles. The predicted molar refractivity (Wildman–Crippen MR) is 121 cm³/mol. The maximum atomic E-state index is 12.6. The monoisotopic (exact) mass is 438 g/mol. The van der Waals surface area contributed by atoms with Crippen LogP contribution in [0.5, 0.6) is 11.5 Å². The number of nitrogens with zero attached hydrogens (tertiary/aromatic N) is 3. The van der Waals surface area contributed by atoms with Gasteiger partial charge in [-0.05, 0) is 36.1 Å². The number of hydrogen-bond donors (Lipinski definition) is 1. The van der Waals surface area contributed by atoms with Crippen molar-refractivity contribution in [3.8, 4) is 11.5 Å². The normalized spacial score (nSPS) is 15.2. The molecule has 4 rings (SSSR count). The molecule has 0 aliphatic carbocycles. The summed E-state index contributed by atoms with van der Waals surface area (Å²) in [6.45, 7) is 6.61. The lowest BCUT2D eigenvalue weighted by molar-refractivity contribution is -0.113. The number of carbonyl (C=O) groups excluding carboxylic acids is 1. The fourth-order valence-corrected chi connectivity index (χ4v) is 4.25. The number of aryl methyl sites for hydroxylation is 1. The maximum absolute atomic E-state index is 12.6. The van der Waals surface area contributed by atoms with Gasteiger partial charge in [-0.15, -0.1) is 10.2 Å². The Labute approximate surface area is 186 Å². The van der Waals surface area contributed by atoms with Crippen molar-refractivity contribution in [2.45, 2.75) is 37.9 Å². The first kappa shape index (κ1) is 21.2. The number of fused-ring (bicyclic) bond motifs is 1. The fraction of sp³-hybridized carbons (Fsp3) is 0.348. The summed E-state index contributed by atoms with van der Waals surface area (Å²) in [5.74, 6) is 2.57. The van der Waals surface area contributed by atoms with Crippen molar-refractivity contribution in [1.29, 1.82) is 0 Å². The van der Waals surface area contributed by atoms with E-state index in [1.807, 2.05) is 54.9 Å². The molecule has 0 saturated heterocycles. The van der Waals surface area contributed by atoms with Gasteiger partial charge in [0.2, 0.25) is 5.91 Å². The van der Waals surface area contributed by atoms with Gasteiger partial charge in [-0.25, -0.2) is 0 Å². The van der Waals surface area contributed by atoms with Crippen molar-refractivity contribution >= 4 is 23.4 Å². The second kappa shape index (κ2) is 9.01. The lowest BCUT2D eigenvalue weighted by atomic mass is 9.98. The number of para-hydroxylation sites is 3. The van der Waals surface area contributed by atoms with Crippen molar-refractivity contribution in [2.24, 2.45) is 7.05 Å². The number of hydrogen-bond acceptors (Lipinski definition) is 6. The molecule has 162 valence electrons. The lowest BCUT2D eigenvalue weighted by Crippen LogP contribution is -2.24. The van der Waals surface area contributed by atoms with Gasteiger partial charge in [0.15, 0.2) is 28.6 Å². The Morgan fingerprint density at radius 2 is 1.97 bits per heavy atom. The van der Waals surface area contributed by atoms with E-state index in [1.165, 1.54) is 11.8 Å². The number of nitrogens with one attached hydrogen (secondary N) is 1. The van der Waals surface area contributed by atoms with Crippen LogP contribution in [-0.4, -0.2) is 33.0 Å². The maximum Gasteiger partial charge on any atom is 0.234 e. The molecule has 1 aromatic heterocycles. The fourth-order valence-electron chi connectivity index (χ4n) is 3.53. The second-order valence-electron chi connectivity index (χ2n) is 7.79. The van der Waals surface area contributed by atoms with E-state index < -0.39 is 0 Å². The van der Waals surface area contributed by atoms with Gasteiger partial charge in [0.25, 0.3) is 0 Å². The van der Waals surface area contributed by atoms with E-state index in [0.29, 0.717) is 29.3 Å². The quantitative estimate of drug-likeness (QED) is 0.572. The highest BCUT2D eigenvalue weighted by Crippen LogP contribution is 2.36. The molecular formula is C23H26N4O3S. The van der Waals surface area contributed by atoms with E-state index >= 15 is 0 Å². The number of benzene rings is 2. The number of ether oxygens (including phenoxy) is 2. The minimum atomic E-state index is -0.351. The molecule has 0 radical (unpaired) electrons. The van der Waals surface area contributed by atoms with Crippen molar-refractivity contribution in [3.05, 3.63) is 59.4 Å². The highest BCUT2D eigenvalue weighted by atomic mass is 32.2. The molecule has 0 spiro atoms. The summed E-state index contributed by atoms with van der Waals surface area (Å²) < 4.78 is 13.7. The third-order valence-electron chi connectivity index (χ3n) is 5.19. The topological polar surface area (TPSA) is 78.3 Å². The molecule has 0 bridgehead atoms. The zero-order valence-electron chi connectivity index (χ0n) is 18.1. The number of aromatic nitrogens is 3. The largest absolute Gasteiger partial charge is 0.485 e. The number of anilines is 1. The lowest BCUT2D eigenvalue weighted by Gasteiger charge is -2.25. The number of carbonyl (C=O) groups is 1. The highest BCUT2D eigenvalue weighted by molar-refractivity contribution is 7.99. The van der Waals surface area contributed by atoms with Gasteiger partial charge in [-0.2, -0.15) is 0 Å². The third kappa shape index (κ3) is 4.54. The Balaban J connectivity index is 1.41. The van der Waals surface area contributed by atoms with Gasteiger partial charge in [0, 0.05) is 12.7 Å². The van der Waals surface area contributed by atoms with Crippen LogP contribution in [0.25, 0.3) is 0 Å². The van der Waals surface area contributed by atoms with E-state index in [1.54, 1.807) is 0 Å². The number of thioether (sulfide) groups is 1. The van der Waals surface area contributed by atoms with E-state index in [0.717, 1.165) is 22.6 Å². The number of rotatable bonds is 6. The van der Waals surface area contributed by atoms with Crippen LogP contribution >= 0.6 is 11.8 Å². The van der Waals surface area contributed by atoms with Gasteiger partial charge in [-0.3, -0.25) is 4.79 Å². The summed E-state index contributed by atoms with van der Waals surface area (Å²) in [5, 5.41) is 12.3. The van der Waals surface area contributed by atoms with Crippen molar-refractivity contribution in [3.63, 3.8) is 0 Å².